The van der Waals surface area contributed by atoms with E-state index in [1.54, 1.807) is 31.1 Å². The molecule has 2 aromatic carbocycles. The number of methoxy groups -OCH3 is 1. The number of carboxylic acids is 1. The van der Waals surface area contributed by atoms with Crippen molar-refractivity contribution in [1.82, 2.24) is 9.88 Å². The van der Waals surface area contributed by atoms with Crippen LogP contribution in [0.2, 0.25) is 0 Å². The van der Waals surface area contributed by atoms with Crippen LogP contribution in [0.3, 0.4) is 0 Å². The highest BCUT2D eigenvalue weighted by molar-refractivity contribution is 7.99. The summed E-state index contributed by atoms with van der Waals surface area (Å²) >= 11 is 1.61. The monoisotopic (exact) mass is 512 g/mol. The van der Waals surface area contributed by atoms with Gasteiger partial charge in [-0.2, -0.15) is 0 Å². The van der Waals surface area contributed by atoms with Crippen molar-refractivity contribution in [3.8, 4) is 5.75 Å². The summed E-state index contributed by atoms with van der Waals surface area (Å²) in [5.74, 6) is 0.804. The Bertz CT molecular complexity index is 1180. The number of halogens is 1. The number of hydrogen-bond acceptors (Lipinski definition) is 6. The summed E-state index contributed by atoms with van der Waals surface area (Å²) in [4.78, 5) is 19.2. The molecule has 0 amide bonds. The van der Waals surface area contributed by atoms with Crippen molar-refractivity contribution in [3.63, 3.8) is 0 Å². The topological polar surface area (TPSA) is 82.9 Å². The number of nitrogens with zero attached hydrogens (tertiary/aromatic N) is 2. The second-order valence-electron chi connectivity index (χ2n) is 9.39. The lowest BCUT2D eigenvalue weighted by Crippen LogP contribution is -2.42. The van der Waals surface area contributed by atoms with Gasteiger partial charge in [0, 0.05) is 41.7 Å². The maximum absolute atomic E-state index is 13.4. The fraction of sp³-hybridized carbons (Fsp3) is 0.429. The van der Waals surface area contributed by atoms with Crippen LogP contribution in [0.15, 0.2) is 59.6 Å². The number of carbonyl (C=O) groups is 1. The summed E-state index contributed by atoms with van der Waals surface area (Å²) in [5.41, 5.74) is 1.63. The number of thioether (sulfide) groups is 1. The fourth-order valence-corrected chi connectivity index (χ4v) is 6.09. The number of piperidine rings is 1. The summed E-state index contributed by atoms with van der Waals surface area (Å²) in [7, 11) is 1.61. The zero-order valence-corrected chi connectivity index (χ0v) is 21.3. The number of pyridine rings is 1. The van der Waals surface area contributed by atoms with Gasteiger partial charge in [0.2, 0.25) is 0 Å². The Labute approximate surface area is 215 Å². The lowest BCUT2D eigenvalue weighted by Gasteiger charge is -2.38. The normalized spacial score (nSPS) is 19.3. The molecule has 2 N–H and O–H groups in total. The molecule has 1 saturated heterocycles. The first-order chi connectivity index (χ1) is 17.4. The Hall–Kier alpha value is -2.68. The van der Waals surface area contributed by atoms with E-state index in [4.69, 9.17) is 4.74 Å². The van der Waals surface area contributed by atoms with Gasteiger partial charge in [-0.15, -0.1) is 11.8 Å². The summed E-state index contributed by atoms with van der Waals surface area (Å²) in [5, 5.41) is 21.4. The Balaban J connectivity index is 1.34. The van der Waals surface area contributed by atoms with E-state index >= 15 is 0 Å². The molecular formula is C28H33FN2O4S. The van der Waals surface area contributed by atoms with E-state index in [1.165, 1.54) is 12.1 Å². The Kier molecular flexibility index (Phi) is 9.18. The Morgan fingerprint density at radius 1 is 1.25 bits per heavy atom. The quantitative estimate of drug-likeness (QED) is 0.333. The molecule has 6 nitrogen and oxygen atoms in total. The molecule has 3 atom stereocenters. The molecule has 1 aliphatic heterocycles. The summed E-state index contributed by atoms with van der Waals surface area (Å²) < 4.78 is 18.8. The van der Waals surface area contributed by atoms with Gasteiger partial charge in [-0.05, 0) is 85.7 Å². The highest BCUT2D eigenvalue weighted by atomic mass is 32.2. The molecule has 4 rings (SSSR count). The van der Waals surface area contributed by atoms with Crippen molar-refractivity contribution in [2.75, 3.05) is 32.5 Å². The van der Waals surface area contributed by atoms with E-state index in [9.17, 15) is 19.4 Å². The molecule has 0 unspecified atom stereocenters. The highest BCUT2D eigenvalue weighted by Crippen LogP contribution is 2.35. The van der Waals surface area contributed by atoms with E-state index in [1.807, 2.05) is 30.3 Å². The third-order valence-corrected chi connectivity index (χ3v) is 8.01. The second kappa shape index (κ2) is 12.5. The van der Waals surface area contributed by atoms with Gasteiger partial charge < -0.3 is 19.8 Å². The smallest absolute Gasteiger partial charge is 0.303 e. The number of benzene rings is 2. The molecule has 1 fully saturated rings. The van der Waals surface area contributed by atoms with Crippen LogP contribution in [-0.2, 0) is 4.79 Å². The molecule has 36 heavy (non-hydrogen) atoms. The van der Waals surface area contributed by atoms with Crippen molar-refractivity contribution in [2.45, 2.75) is 36.7 Å². The van der Waals surface area contributed by atoms with Gasteiger partial charge in [0.15, 0.2) is 0 Å². The van der Waals surface area contributed by atoms with Crippen LogP contribution in [0, 0.1) is 17.7 Å². The third kappa shape index (κ3) is 6.96. The van der Waals surface area contributed by atoms with Crippen LogP contribution in [0.4, 0.5) is 4.39 Å². The molecule has 3 aromatic rings. The van der Waals surface area contributed by atoms with Gasteiger partial charge in [-0.1, -0.05) is 6.07 Å². The molecule has 192 valence electrons. The molecule has 1 aromatic heterocycles. The molecular weight excluding hydrogens is 479 g/mol. The van der Waals surface area contributed by atoms with Crippen LogP contribution in [0.25, 0.3) is 10.9 Å². The molecule has 0 aliphatic carbocycles. The number of rotatable bonds is 11. The zero-order chi connectivity index (χ0) is 25.5. The lowest BCUT2D eigenvalue weighted by atomic mass is 9.79. The highest BCUT2D eigenvalue weighted by Gasteiger charge is 2.31. The first kappa shape index (κ1) is 26.4. The number of likely N-dealkylation sites (tertiary alicyclic amines) is 1. The minimum absolute atomic E-state index is 0.0388. The number of aromatic nitrogens is 1. The minimum atomic E-state index is -0.784. The van der Waals surface area contributed by atoms with E-state index in [0.29, 0.717) is 12.2 Å². The van der Waals surface area contributed by atoms with Gasteiger partial charge in [-0.3, -0.25) is 9.78 Å². The van der Waals surface area contributed by atoms with Gasteiger partial charge in [0.05, 0.1) is 18.7 Å². The van der Waals surface area contributed by atoms with E-state index in [2.05, 4.69) is 9.88 Å². The van der Waals surface area contributed by atoms with Gasteiger partial charge in [0.25, 0.3) is 0 Å². The lowest BCUT2D eigenvalue weighted by molar-refractivity contribution is -0.139. The summed E-state index contributed by atoms with van der Waals surface area (Å²) in [6.45, 7) is 2.46. The number of ether oxygens (including phenoxy) is 1. The molecule has 0 spiro atoms. The summed E-state index contributed by atoms with van der Waals surface area (Å²) in [6.07, 6.45) is 3.41. The Morgan fingerprint density at radius 3 is 2.89 bits per heavy atom. The molecule has 2 heterocycles. The predicted molar refractivity (Wildman–Crippen MR) is 140 cm³/mol. The van der Waals surface area contributed by atoms with Crippen molar-refractivity contribution in [2.24, 2.45) is 11.8 Å². The van der Waals surface area contributed by atoms with Gasteiger partial charge in [-0.25, -0.2) is 4.39 Å². The van der Waals surface area contributed by atoms with Crippen molar-refractivity contribution >= 4 is 28.6 Å². The van der Waals surface area contributed by atoms with Crippen molar-refractivity contribution in [3.05, 3.63) is 66.1 Å². The number of aliphatic hydroxyl groups excluding tert-OH is 1. The van der Waals surface area contributed by atoms with E-state index in [0.717, 1.165) is 59.6 Å². The third-order valence-electron chi connectivity index (χ3n) is 7.04. The SMILES string of the molecule is COc1ccc2nccc([C@H](O)CC[C@@H]3CCN(CCSc4cccc(F)c4)C[C@@H]3CC(=O)O)c2c1. The van der Waals surface area contributed by atoms with Crippen molar-refractivity contribution < 1.29 is 24.1 Å². The molecule has 8 heteroatoms. The number of hydrogen-bond donors (Lipinski definition) is 2. The minimum Gasteiger partial charge on any atom is -0.497 e. The number of fused-ring (bicyclic) bond motifs is 1. The van der Waals surface area contributed by atoms with Crippen LogP contribution in [0.5, 0.6) is 5.75 Å². The average molecular weight is 513 g/mol. The Morgan fingerprint density at radius 2 is 2.11 bits per heavy atom. The number of carboxylic acid groups (broad SMARTS) is 1. The average Bonchev–Trinajstić information content (AvgIpc) is 2.87. The molecule has 0 radical (unpaired) electrons. The summed E-state index contributed by atoms with van der Waals surface area (Å²) in [6, 6.07) is 14.1. The van der Waals surface area contributed by atoms with E-state index < -0.39 is 12.1 Å². The van der Waals surface area contributed by atoms with Crippen LogP contribution >= 0.6 is 11.8 Å². The van der Waals surface area contributed by atoms with Gasteiger partial charge >= 0.3 is 5.97 Å². The molecule has 1 aliphatic rings. The van der Waals surface area contributed by atoms with Crippen LogP contribution < -0.4 is 4.74 Å². The van der Waals surface area contributed by atoms with E-state index in [-0.39, 0.29) is 24.1 Å². The van der Waals surface area contributed by atoms with Crippen LogP contribution in [-0.4, -0.2) is 58.6 Å². The maximum Gasteiger partial charge on any atom is 0.303 e. The maximum atomic E-state index is 13.4. The fourth-order valence-electron chi connectivity index (χ4n) is 5.14. The number of aliphatic carboxylic acids is 1. The predicted octanol–water partition coefficient (Wildman–Crippen LogP) is 5.40. The molecule has 0 bridgehead atoms. The zero-order valence-electron chi connectivity index (χ0n) is 20.5. The van der Waals surface area contributed by atoms with Crippen molar-refractivity contribution in [1.29, 1.82) is 0 Å². The second-order valence-corrected chi connectivity index (χ2v) is 10.6. The largest absolute Gasteiger partial charge is 0.497 e. The first-order valence-corrected chi connectivity index (χ1v) is 13.3. The van der Waals surface area contributed by atoms with Gasteiger partial charge in [0.1, 0.15) is 11.6 Å². The standard InChI is InChI=1S/C28H33FN2O4S/c1-35-22-6-7-26-25(17-22)24(9-11-30-26)27(32)8-5-19-10-12-31(18-20(19)15-28(33)34)13-14-36-23-4-2-3-21(29)16-23/h2-4,6-7,9,11,16-17,19-20,27,32H,5,8,10,12-15,18H2,1H3,(H,33,34)/t19-,20+,27-/m1/s1. The first-order valence-electron chi connectivity index (χ1n) is 12.4. The van der Waals surface area contributed by atoms with Crippen LogP contribution in [0.1, 0.15) is 37.4 Å². The molecule has 0 saturated carbocycles. The number of aliphatic hydroxyl groups is 1.